The van der Waals surface area contributed by atoms with Crippen LogP contribution in [0.15, 0.2) is 77.6 Å². The summed E-state index contributed by atoms with van der Waals surface area (Å²) in [6.45, 7) is 1.79. The highest BCUT2D eigenvalue weighted by Crippen LogP contribution is 2.18. The molecule has 0 saturated heterocycles. The SMILES string of the molecule is CC(=O)Nc1ccc2nc(Cc3ccccc3)n(Cc3cccc(Cl)c3)c(=O)c2c1. The third kappa shape index (κ3) is 4.42. The van der Waals surface area contributed by atoms with Gasteiger partial charge in [0, 0.05) is 24.1 Å². The molecule has 0 unspecified atom stereocenters. The van der Waals surface area contributed by atoms with Crippen molar-refractivity contribution in [3.8, 4) is 0 Å². The van der Waals surface area contributed by atoms with Crippen LogP contribution in [0, 0.1) is 0 Å². The van der Waals surface area contributed by atoms with Gasteiger partial charge in [-0.05, 0) is 41.5 Å². The predicted molar refractivity (Wildman–Crippen MR) is 120 cm³/mol. The average Bonchev–Trinajstić information content (AvgIpc) is 2.72. The van der Waals surface area contributed by atoms with Gasteiger partial charge in [-0.2, -0.15) is 0 Å². The maximum absolute atomic E-state index is 13.4. The van der Waals surface area contributed by atoms with E-state index in [-0.39, 0.29) is 11.5 Å². The van der Waals surface area contributed by atoms with E-state index in [0.29, 0.717) is 40.4 Å². The highest BCUT2D eigenvalue weighted by Gasteiger charge is 2.13. The molecule has 4 rings (SSSR count). The Labute approximate surface area is 179 Å². The fourth-order valence-electron chi connectivity index (χ4n) is 3.44. The summed E-state index contributed by atoms with van der Waals surface area (Å²) in [5, 5.41) is 3.80. The molecule has 1 aromatic heterocycles. The lowest BCUT2D eigenvalue weighted by atomic mass is 10.1. The standard InChI is InChI=1S/C24H20ClN3O2/c1-16(29)26-20-10-11-22-21(14-20)24(30)28(15-18-8-5-9-19(25)12-18)23(27-22)13-17-6-3-2-4-7-17/h2-12,14H,13,15H2,1H3,(H,26,29). The second kappa shape index (κ2) is 8.51. The maximum atomic E-state index is 13.4. The quantitative estimate of drug-likeness (QED) is 0.514. The van der Waals surface area contributed by atoms with E-state index in [4.69, 9.17) is 16.6 Å². The Morgan fingerprint density at radius 1 is 1.00 bits per heavy atom. The van der Waals surface area contributed by atoms with Gasteiger partial charge in [0.1, 0.15) is 5.82 Å². The molecule has 1 N–H and O–H groups in total. The molecule has 0 aliphatic heterocycles. The molecule has 0 aliphatic carbocycles. The molecule has 0 radical (unpaired) electrons. The van der Waals surface area contributed by atoms with Crippen LogP contribution in [0.2, 0.25) is 5.02 Å². The zero-order valence-electron chi connectivity index (χ0n) is 16.4. The second-order valence-corrected chi connectivity index (χ2v) is 7.56. The van der Waals surface area contributed by atoms with Crippen LogP contribution < -0.4 is 10.9 Å². The van der Waals surface area contributed by atoms with Crippen LogP contribution in [-0.4, -0.2) is 15.5 Å². The Morgan fingerprint density at radius 2 is 1.77 bits per heavy atom. The molecular weight excluding hydrogens is 398 g/mol. The third-order valence-corrected chi connectivity index (χ3v) is 5.02. The van der Waals surface area contributed by atoms with Crippen molar-refractivity contribution in [1.82, 2.24) is 9.55 Å². The first-order valence-electron chi connectivity index (χ1n) is 9.59. The summed E-state index contributed by atoms with van der Waals surface area (Å²) in [7, 11) is 0. The minimum atomic E-state index is -0.192. The Balaban J connectivity index is 1.86. The Kier molecular flexibility index (Phi) is 5.63. The minimum Gasteiger partial charge on any atom is -0.326 e. The molecule has 150 valence electrons. The van der Waals surface area contributed by atoms with Crippen molar-refractivity contribution in [3.63, 3.8) is 0 Å². The molecule has 0 bridgehead atoms. The maximum Gasteiger partial charge on any atom is 0.261 e. The highest BCUT2D eigenvalue weighted by atomic mass is 35.5. The van der Waals surface area contributed by atoms with E-state index in [1.54, 1.807) is 28.8 Å². The first kappa shape index (κ1) is 19.9. The van der Waals surface area contributed by atoms with Crippen molar-refractivity contribution in [2.24, 2.45) is 0 Å². The summed E-state index contributed by atoms with van der Waals surface area (Å²) in [6.07, 6.45) is 0.528. The molecule has 0 fully saturated rings. The fourth-order valence-corrected chi connectivity index (χ4v) is 3.66. The zero-order chi connectivity index (χ0) is 21.1. The van der Waals surface area contributed by atoms with Crippen molar-refractivity contribution < 1.29 is 4.79 Å². The monoisotopic (exact) mass is 417 g/mol. The molecular formula is C24H20ClN3O2. The number of rotatable bonds is 5. The van der Waals surface area contributed by atoms with Gasteiger partial charge in [0.25, 0.3) is 5.56 Å². The number of aromatic nitrogens is 2. The molecule has 1 heterocycles. The topological polar surface area (TPSA) is 64.0 Å². The van der Waals surface area contributed by atoms with Gasteiger partial charge < -0.3 is 5.32 Å². The summed E-state index contributed by atoms with van der Waals surface area (Å²) < 4.78 is 1.68. The first-order chi connectivity index (χ1) is 14.5. The lowest BCUT2D eigenvalue weighted by Crippen LogP contribution is -2.26. The molecule has 6 heteroatoms. The van der Waals surface area contributed by atoms with E-state index >= 15 is 0 Å². The van der Waals surface area contributed by atoms with Gasteiger partial charge >= 0.3 is 0 Å². The summed E-state index contributed by atoms with van der Waals surface area (Å²) in [5.74, 6) is 0.480. The number of benzene rings is 3. The van der Waals surface area contributed by atoms with Crippen LogP contribution in [0.5, 0.6) is 0 Å². The molecule has 0 aliphatic rings. The van der Waals surface area contributed by atoms with Gasteiger partial charge in [0.2, 0.25) is 5.91 Å². The number of hydrogen-bond donors (Lipinski definition) is 1. The molecule has 3 aromatic carbocycles. The number of nitrogens with zero attached hydrogens (tertiary/aromatic N) is 2. The normalized spacial score (nSPS) is 10.9. The molecule has 30 heavy (non-hydrogen) atoms. The molecule has 4 aromatic rings. The Morgan fingerprint density at radius 3 is 2.50 bits per heavy atom. The highest BCUT2D eigenvalue weighted by molar-refractivity contribution is 6.30. The summed E-state index contributed by atoms with van der Waals surface area (Å²) in [4.78, 5) is 29.6. The van der Waals surface area contributed by atoms with Crippen molar-refractivity contribution in [2.45, 2.75) is 19.9 Å². The van der Waals surface area contributed by atoms with E-state index in [0.717, 1.165) is 11.1 Å². The number of anilines is 1. The predicted octanol–water partition coefficient (Wildman–Crippen LogP) is 4.65. The number of hydrogen-bond acceptors (Lipinski definition) is 3. The van der Waals surface area contributed by atoms with E-state index in [2.05, 4.69) is 5.32 Å². The van der Waals surface area contributed by atoms with E-state index < -0.39 is 0 Å². The minimum absolute atomic E-state index is 0.155. The van der Waals surface area contributed by atoms with Crippen molar-refractivity contribution in [3.05, 3.63) is 105 Å². The number of carbonyl (C=O) groups excluding carboxylic acids is 1. The fraction of sp³-hybridized carbons (Fsp3) is 0.125. The van der Waals surface area contributed by atoms with Crippen LogP contribution in [0.25, 0.3) is 10.9 Å². The molecule has 0 saturated carbocycles. The lowest BCUT2D eigenvalue weighted by Gasteiger charge is -2.15. The van der Waals surface area contributed by atoms with Gasteiger partial charge in [0.05, 0.1) is 17.4 Å². The van der Waals surface area contributed by atoms with Crippen molar-refractivity contribution in [2.75, 3.05) is 5.32 Å². The van der Waals surface area contributed by atoms with Gasteiger partial charge in [0.15, 0.2) is 0 Å². The first-order valence-corrected chi connectivity index (χ1v) is 9.97. The van der Waals surface area contributed by atoms with Crippen LogP contribution >= 0.6 is 11.6 Å². The largest absolute Gasteiger partial charge is 0.326 e. The zero-order valence-corrected chi connectivity index (χ0v) is 17.2. The van der Waals surface area contributed by atoms with Crippen LogP contribution in [0.1, 0.15) is 23.9 Å². The van der Waals surface area contributed by atoms with Gasteiger partial charge in [-0.3, -0.25) is 14.2 Å². The van der Waals surface area contributed by atoms with E-state index in [9.17, 15) is 9.59 Å². The van der Waals surface area contributed by atoms with E-state index in [1.165, 1.54) is 6.92 Å². The van der Waals surface area contributed by atoms with Crippen LogP contribution in [0.4, 0.5) is 5.69 Å². The Hall–Kier alpha value is -3.44. The average molecular weight is 418 g/mol. The smallest absolute Gasteiger partial charge is 0.261 e. The number of nitrogens with one attached hydrogen (secondary N) is 1. The Bertz CT molecular complexity index is 1280. The number of fused-ring (bicyclic) bond motifs is 1. The second-order valence-electron chi connectivity index (χ2n) is 7.12. The lowest BCUT2D eigenvalue weighted by molar-refractivity contribution is -0.114. The molecule has 0 atom stereocenters. The van der Waals surface area contributed by atoms with Gasteiger partial charge in [-0.25, -0.2) is 4.98 Å². The molecule has 1 amide bonds. The summed E-state index contributed by atoms with van der Waals surface area (Å²) >= 11 is 6.14. The molecule has 5 nitrogen and oxygen atoms in total. The van der Waals surface area contributed by atoms with Crippen molar-refractivity contribution >= 4 is 34.1 Å². The van der Waals surface area contributed by atoms with Crippen LogP contribution in [0.3, 0.4) is 0 Å². The number of halogens is 1. The van der Waals surface area contributed by atoms with Crippen LogP contribution in [-0.2, 0) is 17.8 Å². The summed E-state index contributed by atoms with van der Waals surface area (Å²) in [6, 6.07) is 22.6. The van der Waals surface area contributed by atoms with Gasteiger partial charge in [-0.15, -0.1) is 0 Å². The number of carbonyl (C=O) groups is 1. The number of amides is 1. The third-order valence-electron chi connectivity index (χ3n) is 4.79. The van der Waals surface area contributed by atoms with Gasteiger partial charge in [-0.1, -0.05) is 54.1 Å². The van der Waals surface area contributed by atoms with Crippen molar-refractivity contribution in [1.29, 1.82) is 0 Å². The molecule has 0 spiro atoms. The summed E-state index contributed by atoms with van der Waals surface area (Å²) in [5.41, 5.74) is 3.00. The van der Waals surface area contributed by atoms with E-state index in [1.807, 2.05) is 48.5 Å².